The van der Waals surface area contributed by atoms with E-state index >= 15 is 0 Å². The molecule has 1 aliphatic rings. The van der Waals surface area contributed by atoms with Crippen molar-refractivity contribution in [2.75, 3.05) is 18.0 Å². The maximum absolute atomic E-state index is 14.0. The number of nitrogens with zero attached hydrogens (tertiary/aromatic N) is 2. The summed E-state index contributed by atoms with van der Waals surface area (Å²) in [5.74, 6) is -0.960. The number of ether oxygens (including phenoxy) is 1. The van der Waals surface area contributed by atoms with Gasteiger partial charge in [-0.3, -0.25) is 13.9 Å². The number of halogens is 2. The van der Waals surface area contributed by atoms with Crippen LogP contribution >= 0.6 is 15.9 Å². The topological polar surface area (TPSA) is 96.0 Å². The van der Waals surface area contributed by atoms with Gasteiger partial charge in [-0.05, 0) is 86.0 Å². The molecule has 0 aliphatic heterocycles. The van der Waals surface area contributed by atoms with Crippen LogP contribution in [0.5, 0.6) is 5.75 Å². The van der Waals surface area contributed by atoms with E-state index in [0.717, 1.165) is 52.2 Å². The maximum Gasteiger partial charge on any atom is 0.264 e. The summed E-state index contributed by atoms with van der Waals surface area (Å²) in [4.78, 5) is 28.6. The summed E-state index contributed by atoms with van der Waals surface area (Å²) in [5, 5.41) is 3.04. The van der Waals surface area contributed by atoms with Crippen molar-refractivity contribution in [2.45, 2.75) is 56.1 Å². The maximum atomic E-state index is 14.0. The number of carbonyl (C=O) groups excluding carboxylic acids is 2. The molecule has 0 aromatic heterocycles. The molecule has 3 aromatic carbocycles. The summed E-state index contributed by atoms with van der Waals surface area (Å²) >= 11 is 3.44. The highest BCUT2D eigenvalue weighted by Crippen LogP contribution is 2.27. The van der Waals surface area contributed by atoms with Gasteiger partial charge in [-0.1, -0.05) is 40.9 Å². The van der Waals surface area contributed by atoms with Crippen LogP contribution in [0.3, 0.4) is 0 Å². The summed E-state index contributed by atoms with van der Waals surface area (Å²) in [5.41, 5.74) is 0.876. The van der Waals surface area contributed by atoms with Gasteiger partial charge in [-0.15, -0.1) is 0 Å². The van der Waals surface area contributed by atoms with Crippen LogP contribution in [0.2, 0.25) is 0 Å². The number of methoxy groups -OCH3 is 1. The van der Waals surface area contributed by atoms with E-state index in [1.54, 1.807) is 6.92 Å². The van der Waals surface area contributed by atoms with E-state index in [1.165, 1.54) is 48.4 Å². The molecule has 0 heterocycles. The van der Waals surface area contributed by atoms with Gasteiger partial charge in [0.2, 0.25) is 11.8 Å². The minimum atomic E-state index is -4.26. The molecule has 1 atom stereocenters. The monoisotopic (exact) mass is 645 g/mol. The number of anilines is 1. The van der Waals surface area contributed by atoms with E-state index in [2.05, 4.69) is 21.2 Å². The van der Waals surface area contributed by atoms with Crippen molar-refractivity contribution < 1.29 is 27.1 Å². The Morgan fingerprint density at radius 2 is 1.71 bits per heavy atom. The molecule has 0 bridgehead atoms. The Morgan fingerprint density at radius 3 is 2.32 bits per heavy atom. The molecule has 0 unspecified atom stereocenters. The fraction of sp³-hybridized carbons (Fsp3) is 0.333. The fourth-order valence-corrected chi connectivity index (χ4v) is 6.68. The summed E-state index contributed by atoms with van der Waals surface area (Å²) in [6, 6.07) is 17.2. The highest BCUT2D eigenvalue weighted by Gasteiger charge is 2.33. The van der Waals surface area contributed by atoms with Crippen LogP contribution in [0, 0.1) is 5.82 Å². The first kappa shape index (κ1) is 30.5. The van der Waals surface area contributed by atoms with Crippen LogP contribution in [-0.2, 0) is 26.2 Å². The second-order valence-electron chi connectivity index (χ2n) is 9.98. The van der Waals surface area contributed by atoms with E-state index in [9.17, 15) is 22.4 Å². The lowest BCUT2D eigenvalue weighted by Crippen LogP contribution is -2.52. The molecule has 1 saturated carbocycles. The van der Waals surface area contributed by atoms with Crippen molar-refractivity contribution in [1.29, 1.82) is 0 Å². The van der Waals surface area contributed by atoms with E-state index in [1.807, 2.05) is 24.3 Å². The van der Waals surface area contributed by atoms with Gasteiger partial charge in [0, 0.05) is 17.1 Å². The summed E-state index contributed by atoms with van der Waals surface area (Å²) < 4.78 is 48.4. The first-order chi connectivity index (χ1) is 19.6. The minimum absolute atomic E-state index is 0.0546. The normalized spacial score (nSPS) is 14.3. The number of carbonyl (C=O) groups is 2. The minimum Gasteiger partial charge on any atom is -0.497 e. The van der Waals surface area contributed by atoms with E-state index in [4.69, 9.17) is 4.74 Å². The van der Waals surface area contributed by atoms with Gasteiger partial charge in [0.15, 0.2) is 0 Å². The third kappa shape index (κ3) is 7.65. The highest BCUT2D eigenvalue weighted by molar-refractivity contribution is 9.10. The summed E-state index contributed by atoms with van der Waals surface area (Å²) in [6.45, 7) is 1.12. The smallest absolute Gasteiger partial charge is 0.264 e. The molecule has 0 spiro atoms. The molecule has 8 nitrogen and oxygen atoms in total. The molecule has 0 saturated heterocycles. The Morgan fingerprint density at radius 1 is 1.05 bits per heavy atom. The zero-order chi connectivity index (χ0) is 29.6. The second kappa shape index (κ2) is 13.5. The van der Waals surface area contributed by atoms with Crippen molar-refractivity contribution in [3.63, 3.8) is 0 Å². The lowest BCUT2D eigenvalue weighted by atomic mass is 10.1. The SMILES string of the molecule is COc1ccc(S(=O)(=O)N(CC(=O)N(Cc2cccc(Br)c2)[C@H](C)C(=O)NC2CCCC2)c2ccc(F)cc2)cc1. The molecule has 3 aromatic rings. The molecule has 1 fully saturated rings. The molecular formula is C30H33BrFN3O5S. The van der Waals surface area contributed by atoms with Gasteiger partial charge in [-0.2, -0.15) is 0 Å². The standard InChI is InChI=1S/C30H33BrFN3O5S/c1-21(30(37)33-25-8-3-4-9-25)34(19-22-6-5-7-23(31)18-22)29(36)20-35(26-12-10-24(32)11-13-26)41(38,39)28-16-14-27(40-2)15-17-28/h5-7,10-18,21,25H,3-4,8-9,19-20H2,1-2H3,(H,33,37)/t21-/m1/s1. The van der Waals surface area contributed by atoms with Crippen LogP contribution in [-0.4, -0.2) is 50.9 Å². The Bertz CT molecular complexity index is 1460. The van der Waals surface area contributed by atoms with Crippen LogP contribution < -0.4 is 14.4 Å². The molecule has 1 N–H and O–H groups in total. The average Bonchev–Trinajstić information content (AvgIpc) is 3.48. The van der Waals surface area contributed by atoms with E-state index < -0.39 is 34.3 Å². The van der Waals surface area contributed by atoms with Gasteiger partial charge in [0.05, 0.1) is 17.7 Å². The first-order valence-electron chi connectivity index (χ1n) is 13.3. The zero-order valence-corrected chi connectivity index (χ0v) is 25.3. The Hall–Kier alpha value is -3.44. The number of benzene rings is 3. The second-order valence-corrected chi connectivity index (χ2v) is 12.8. The van der Waals surface area contributed by atoms with Gasteiger partial charge in [0.25, 0.3) is 10.0 Å². The number of hydrogen-bond donors (Lipinski definition) is 1. The molecule has 41 heavy (non-hydrogen) atoms. The van der Waals surface area contributed by atoms with Crippen LogP contribution in [0.25, 0.3) is 0 Å². The fourth-order valence-electron chi connectivity index (χ4n) is 4.82. The first-order valence-corrected chi connectivity index (χ1v) is 15.6. The Balaban J connectivity index is 1.68. The average molecular weight is 647 g/mol. The number of amides is 2. The van der Waals surface area contributed by atoms with Crippen molar-refractivity contribution >= 4 is 43.5 Å². The number of nitrogens with one attached hydrogen (secondary N) is 1. The summed E-state index contributed by atoms with van der Waals surface area (Å²) in [6.07, 6.45) is 3.85. The molecule has 11 heteroatoms. The largest absolute Gasteiger partial charge is 0.497 e. The highest BCUT2D eigenvalue weighted by atomic mass is 79.9. The number of sulfonamides is 1. The summed E-state index contributed by atoms with van der Waals surface area (Å²) in [7, 11) is -2.80. The molecular weight excluding hydrogens is 613 g/mol. The van der Waals surface area contributed by atoms with Crippen molar-refractivity contribution in [2.24, 2.45) is 0 Å². The van der Waals surface area contributed by atoms with Crippen molar-refractivity contribution in [3.8, 4) is 5.75 Å². The Kier molecular flexibility index (Phi) is 10.0. The molecule has 0 radical (unpaired) electrons. The predicted octanol–water partition coefficient (Wildman–Crippen LogP) is 5.27. The Labute approximate surface area is 248 Å². The molecule has 218 valence electrons. The van der Waals surface area contributed by atoms with Crippen molar-refractivity contribution in [3.05, 3.63) is 88.6 Å². The third-order valence-corrected chi connectivity index (χ3v) is 9.43. The zero-order valence-electron chi connectivity index (χ0n) is 22.9. The van der Waals surface area contributed by atoms with Gasteiger partial charge in [-0.25, -0.2) is 12.8 Å². The number of rotatable bonds is 11. The quantitative estimate of drug-likeness (QED) is 0.307. The van der Waals surface area contributed by atoms with Gasteiger partial charge < -0.3 is 15.0 Å². The predicted molar refractivity (Wildman–Crippen MR) is 158 cm³/mol. The van der Waals surface area contributed by atoms with E-state index in [0.29, 0.717) is 5.75 Å². The molecule has 4 rings (SSSR count). The third-order valence-electron chi connectivity index (χ3n) is 7.15. The van der Waals surface area contributed by atoms with Gasteiger partial charge in [0.1, 0.15) is 24.2 Å². The lowest BCUT2D eigenvalue weighted by molar-refractivity contribution is -0.139. The van der Waals surface area contributed by atoms with Crippen LogP contribution in [0.1, 0.15) is 38.2 Å². The molecule has 1 aliphatic carbocycles. The number of hydrogen-bond acceptors (Lipinski definition) is 5. The lowest BCUT2D eigenvalue weighted by Gasteiger charge is -2.32. The van der Waals surface area contributed by atoms with Crippen LogP contribution in [0.15, 0.2) is 82.2 Å². The molecule has 2 amide bonds. The van der Waals surface area contributed by atoms with E-state index in [-0.39, 0.29) is 29.1 Å². The van der Waals surface area contributed by atoms with Crippen molar-refractivity contribution in [1.82, 2.24) is 10.2 Å². The van der Waals surface area contributed by atoms with Gasteiger partial charge >= 0.3 is 0 Å². The van der Waals surface area contributed by atoms with Crippen LogP contribution in [0.4, 0.5) is 10.1 Å².